The topological polar surface area (TPSA) is 135 Å². The number of ether oxygens (including phenoxy) is 2. The van der Waals surface area contributed by atoms with Crippen LogP contribution in [0.3, 0.4) is 0 Å². The number of carbonyl (C=O) groups is 1. The van der Waals surface area contributed by atoms with Gasteiger partial charge in [0.15, 0.2) is 0 Å². The van der Waals surface area contributed by atoms with E-state index in [1.807, 2.05) is 0 Å². The molecule has 4 rings (SSSR count). The molecule has 10 nitrogen and oxygen atoms in total. The van der Waals surface area contributed by atoms with E-state index < -0.39 is 15.9 Å². The number of carbonyl (C=O) groups excluding carboxylic acids is 1. The molecule has 12 heteroatoms. The minimum Gasteiger partial charge on any atom is -0.495 e. The van der Waals surface area contributed by atoms with Gasteiger partial charge in [0.1, 0.15) is 22.2 Å². The average Bonchev–Trinajstić information content (AvgIpc) is 3.36. The van der Waals surface area contributed by atoms with Gasteiger partial charge in [-0.25, -0.2) is 18.4 Å². The highest BCUT2D eigenvalue weighted by Crippen LogP contribution is 2.30. The molecule has 2 aromatic carbocycles. The molecule has 0 atom stereocenters. The summed E-state index contributed by atoms with van der Waals surface area (Å²) >= 11 is 5.86. The summed E-state index contributed by atoms with van der Waals surface area (Å²) in [5.74, 6) is 0.333. The molecule has 0 fully saturated rings. The van der Waals surface area contributed by atoms with Crippen LogP contribution in [-0.2, 0) is 10.0 Å². The number of amides is 1. The summed E-state index contributed by atoms with van der Waals surface area (Å²) in [6.45, 7) is 0. The van der Waals surface area contributed by atoms with Crippen LogP contribution in [0.5, 0.6) is 11.6 Å². The van der Waals surface area contributed by atoms with Crippen LogP contribution in [0.4, 0.5) is 11.4 Å². The van der Waals surface area contributed by atoms with E-state index in [2.05, 4.69) is 25.0 Å². The van der Waals surface area contributed by atoms with E-state index in [0.29, 0.717) is 28.0 Å². The molecule has 0 spiro atoms. The van der Waals surface area contributed by atoms with Crippen molar-refractivity contribution in [1.82, 2.24) is 15.0 Å². The van der Waals surface area contributed by atoms with Gasteiger partial charge in [0.25, 0.3) is 15.9 Å². The normalized spacial score (nSPS) is 11.1. The Labute approximate surface area is 206 Å². The number of sulfonamides is 1. The predicted octanol–water partition coefficient (Wildman–Crippen LogP) is 4.20. The zero-order valence-electron chi connectivity index (χ0n) is 18.6. The number of anilines is 2. The number of benzene rings is 2. The molecular weight excluding hydrogens is 494 g/mol. The van der Waals surface area contributed by atoms with Crippen molar-refractivity contribution in [1.29, 1.82) is 0 Å². The maximum Gasteiger partial charge on any atom is 0.273 e. The molecular formula is C23H20ClN5O5S. The van der Waals surface area contributed by atoms with E-state index in [1.54, 1.807) is 30.5 Å². The highest BCUT2D eigenvalue weighted by molar-refractivity contribution is 7.92. The first kappa shape index (κ1) is 24.0. The zero-order chi connectivity index (χ0) is 25.0. The summed E-state index contributed by atoms with van der Waals surface area (Å²) < 4.78 is 39.0. The van der Waals surface area contributed by atoms with Crippen LogP contribution in [0.25, 0.3) is 11.4 Å². The first-order valence-corrected chi connectivity index (χ1v) is 12.0. The van der Waals surface area contributed by atoms with Gasteiger partial charge in [-0.1, -0.05) is 11.6 Å². The lowest BCUT2D eigenvalue weighted by Crippen LogP contribution is -2.16. The van der Waals surface area contributed by atoms with Crippen LogP contribution in [-0.4, -0.2) is 43.5 Å². The number of methoxy groups -OCH3 is 2. The Balaban J connectivity index is 1.57. The third kappa shape index (κ3) is 5.36. The van der Waals surface area contributed by atoms with Gasteiger partial charge in [-0.15, -0.1) is 0 Å². The summed E-state index contributed by atoms with van der Waals surface area (Å²) in [7, 11) is -1.20. The number of pyridine rings is 1. The number of H-pyrrole nitrogens is 1. The van der Waals surface area contributed by atoms with Gasteiger partial charge in [0, 0.05) is 22.6 Å². The molecule has 0 saturated carbocycles. The molecule has 0 aliphatic rings. The summed E-state index contributed by atoms with van der Waals surface area (Å²) in [6.07, 6.45) is 2.94. The Morgan fingerprint density at radius 1 is 1.00 bits per heavy atom. The van der Waals surface area contributed by atoms with Gasteiger partial charge in [-0.3, -0.25) is 9.52 Å². The molecule has 0 bridgehead atoms. The van der Waals surface area contributed by atoms with E-state index in [1.165, 1.54) is 50.7 Å². The van der Waals surface area contributed by atoms with Crippen molar-refractivity contribution in [2.75, 3.05) is 24.3 Å². The molecule has 1 amide bonds. The standard InChI is InChI=1S/C23H20ClN5O5S/c1-33-19-10-9-16(12-20(19)35(31,32)29-15-7-5-14(24)6-8-15)27-22(30)18-13-26-21(28-18)17-4-3-11-25-23(17)34-2/h3-13,29H,1-2H3,(H,26,28)(H,27,30). The van der Waals surface area contributed by atoms with Crippen molar-refractivity contribution in [2.45, 2.75) is 4.90 Å². The maximum atomic E-state index is 13.0. The van der Waals surface area contributed by atoms with Crippen LogP contribution in [0.15, 0.2) is 71.9 Å². The summed E-state index contributed by atoms with van der Waals surface area (Å²) in [5, 5.41) is 3.14. The Hall–Kier alpha value is -4.09. The van der Waals surface area contributed by atoms with Crippen LogP contribution in [0, 0.1) is 0 Å². The highest BCUT2D eigenvalue weighted by Gasteiger charge is 2.22. The lowest BCUT2D eigenvalue weighted by Gasteiger charge is -2.13. The second-order valence-corrected chi connectivity index (χ2v) is 9.23. The SMILES string of the molecule is COc1ccc(NC(=O)c2cnc(-c3cccnc3OC)[nH]2)cc1S(=O)(=O)Nc1ccc(Cl)cc1. The lowest BCUT2D eigenvalue weighted by atomic mass is 10.2. The second-order valence-electron chi connectivity index (χ2n) is 7.14. The first-order valence-electron chi connectivity index (χ1n) is 10.1. The van der Waals surface area contributed by atoms with E-state index in [-0.39, 0.29) is 22.0 Å². The van der Waals surface area contributed by atoms with E-state index in [9.17, 15) is 13.2 Å². The van der Waals surface area contributed by atoms with Gasteiger partial charge in [-0.2, -0.15) is 0 Å². The summed E-state index contributed by atoms with van der Waals surface area (Å²) in [4.78, 5) is 23.9. The Kier molecular flexibility index (Phi) is 6.90. The molecule has 0 aliphatic carbocycles. The number of nitrogens with zero attached hydrogens (tertiary/aromatic N) is 2. The van der Waals surface area contributed by atoms with Crippen molar-refractivity contribution in [3.8, 4) is 23.0 Å². The molecule has 0 unspecified atom stereocenters. The van der Waals surface area contributed by atoms with Gasteiger partial charge in [0.05, 0.1) is 26.0 Å². The summed E-state index contributed by atoms with van der Waals surface area (Å²) in [5.41, 5.74) is 1.30. The first-order chi connectivity index (χ1) is 16.8. The molecule has 0 aliphatic heterocycles. The molecule has 2 heterocycles. The molecule has 3 N–H and O–H groups in total. The number of aromatic amines is 1. The zero-order valence-corrected chi connectivity index (χ0v) is 20.1. The number of hydrogen-bond donors (Lipinski definition) is 3. The van der Waals surface area contributed by atoms with Crippen molar-refractivity contribution in [2.24, 2.45) is 0 Å². The van der Waals surface area contributed by atoms with Crippen LogP contribution >= 0.6 is 11.6 Å². The fraction of sp³-hybridized carbons (Fsp3) is 0.0870. The molecule has 180 valence electrons. The van der Waals surface area contributed by atoms with Gasteiger partial charge < -0.3 is 19.8 Å². The van der Waals surface area contributed by atoms with Crippen molar-refractivity contribution in [3.05, 3.63) is 77.7 Å². The third-order valence-corrected chi connectivity index (χ3v) is 6.50. The second kappa shape index (κ2) is 10.0. The molecule has 0 radical (unpaired) electrons. The largest absolute Gasteiger partial charge is 0.495 e. The smallest absolute Gasteiger partial charge is 0.273 e. The van der Waals surface area contributed by atoms with Gasteiger partial charge in [0.2, 0.25) is 5.88 Å². The van der Waals surface area contributed by atoms with E-state index in [0.717, 1.165) is 0 Å². The maximum absolute atomic E-state index is 13.0. The minimum atomic E-state index is -4.04. The Morgan fingerprint density at radius 2 is 1.74 bits per heavy atom. The molecule has 2 aromatic heterocycles. The highest BCUT2D eigenvalue weighted by atomic mass is 35.5. The predicted molar refractivity (Wildman–Crippen MR) is 132 cm³/mol. The minimum absolute atomic E-state index is 0.108. The number of rotatable bonds is 8. The van der Waals surface area contributed by atoms with Crippen LogP contribution < -0.4 is 19.5 Å². The number of aromatic nitrogens is 3. The Morgan fingerprint density at radius 3 is 2.46 bits per heavy atom. The van der Waals surface area contributed by atoms with E-state index in [4.69, 9.17) is 21.1 Å². The monoisotopic (exact) mass is 513 g/mol. The number of halogens is 1. The third-order valence-electron chi connectivity index (χ3n) is 4.85. The number of hydrogen-bond acceptors (Lipinski definition) is 7. The van der Waals surface area contributed by atoms with Gasteiger partial charge in [-0.05, 0) is 54.6 Å². The van der Waals surface area contributed by atoms with Crippen LogP contribution in [0.2, 0.25) is 5.02 Å². The van der Waals surface area contributed by atoms with Crippen molar-refractivity contribution in [3.63, 3.8) is 0 Å². The summed E-state index contributed by atoms with van der Waals surface area (Å²) in [6, 6.07) is 13.9. The molecule has 4 aromatic rings. The molecule has 35 heavy (non-hydrogen) atoms. The van der Waals surface area contributed by atoms with Crippen LogP contribution in [0.1, 0.15) is 10.5 Å². The lowest BCUT2D eigenvalue weighted by molar-refractivity contribution is 0.102. The number of imidazole rings is 1. The van der Waals surface area contributed by atoms with Crippen molar-refractivity contribution < 1.29 is 22.7 Å². The fourth-order valence-electron chi connectivity index (χ4n) is 3.20. The number of nitrogens with one attached hydrogen (secondary N) is 3. The molecule has 0 saturated heterocycles. The fourth-order valence-corrected chi connectivity index (χ4v) is 4.58. The quantitative estimate of drug-likeness (QED) is 0.321. The Bertz CT molecular complexity index is 1470. The van der Waals surface area contributed by atoms with E-state index >= 15 is 0 Å². The van der Waals surface area contributed by atoms with Gasteiger partial charge >= 0.3 is 0 Å². The average molecular weight is 514 g/mol. The van der Waals surface area contributed by atoms with Crippen molar-refractivity contribution >= 4 is 38.9 Å².